The molecule has 2 aromatic rings. The van der Waals surface area contributed by atoms with Gasteiger partial charge in [0, 0.05) is 24.2 Å². The van der Waals surface area contributed by atoms with Crippen molar-refractivity contribution in [3.05, 3.63) is 39.3 Å². The number of hydrogen-bond acceptors (Lipinski definition) is 4. The van der Waals surface area contributed by atoms with Crippen LogP contribution in [0.4, 0.5) is 0 Å². The highest BCUT2D eigenvalue weighted by atomic mass is 35.5. The van der Waals surface area contributed by atoms with Crippen LogP contribution >= 0.6 is 22.9 Å². The van der Waals surface area contributed by atoms with E-state index < -0.39 is 0 Å². The highest BCUT2D eigenvalue weighted by molar-refractivity contribution is 7.16. The Kier molecular flexibility index (Phi) is 5.99. The fourth-order valence-electron chi connectivity index (χ4n) is 2.07. The van der Waals surface area contributed by atoms with Gasteiger partial charge in [-0.15, -0.1) is 11.3 Å². The Balaban J connectivity index is 1.74. The number of amides is 1. The van der Waals surface area contributed by atoms with Crippen molar-refractivity contribution < 1.29 is 4.79 Å². The largest absolute Gasteiger partial charge is 0.340 e. The summed E-state index contributed by atoms with van der Waals surface area (Å²) in [6.45, 7) is 5.70. The number of likely N-dealkylation sites (N-methyl/N-ethyl adjacent to an activating group) is 1. The zero-order valence-electron chi connectivity index (χ0n) is 13.0. The molecule has 1 N–H and O–H groups in total. The third-order valence-electron chi connectivity index (χ3n) is 3.27. The van der Waals surface area contributed by atoms with Gasteiger partial charge in [-0.2, -0.15) is 5.10 Å². The third-order valence-corrected chi connectivity index (χ3v) is 4.49. The Hall–Kier alpha value is -1.37. The van der Waals surface area contributed by atoms with E-state index in [0.29, 0.717) is 13.1 Å². The molecule has 0 radical (unpaired) electrons. The maximum atomic E-state index is 12.1. The topological polar surface area (TPSA) is 50.2 Å². The number of rotatable bonds is 7. The van der Waals surface area contributed by atoms with E-state index in [-0.39, 0.29) is 11.9 Å². The highest BCUT2D eigenvalue weighted by Gasteiger charge is 2.12. The molecule has 1 amide bonds. The normalized spacial score (nSPS) is 12.4. The summed E-state index contributed by atoms with van der Waals surface area (Å²) < 4.78 is 2.63. The molecule has 0 aliphatic rings. The minimum Gasteiger partial charge on any atom is -0.340 e. The molecule has 0 spiro atoms. The van der Waals surface area contributed by atoms with E-state index >= 15 is 0 Å². The molecule has 0 aromatic carbocycles. The zero-order valence-corrected chi connectivity index (χ0v) is 14.6. The molecule has 2 rings (SSSR count). The zero-order chi connectivity index (χ0) is 16.1. The van der Waals surface area contributed by atoms with Crippen molar-refractivity contribution in [2.45, 2.75) is 33.0 Å². The maximum absolute atomic E-state index is 12.1. The van der Waals surface area contributed by atoms with Crippen LogP contribution in [0, 0.1) is 6.92 Å². The number of aromatic nitrogens is 2. The first-order chi connectivity index (χ1) is 10.4. The fraction of sp³-hybridized carbons (Fsp3) is 0.467. The first-order valence-corrected chi connectivity index (χ1v) is 8.34. The van der Waals surface area contributed by atoms with Gasteiger partial charge in [-0.3, -0.25) is 9.48 Å². The van der Waals surface area contributed by atoms with Gasteiger partial charge in [0.1, 0.15) is 0 Å². The average Bonchev–Trinajstić information content (AvgIpc) is 3.05. The molecule has 0 saturated heterocycles. The lowest BCUT2D eigenvalue weighted by molar-refractivity contribution is -0.129. The van der Waals surface area contributed by atoms with Crippen LogP contribution in [-0.2, 0) is 17.9 Å². The third kappa shape index (κ3) is 5.12. The minimum absolute atomic E-state index is 0.0630. The molecule has 0 bridgehead atoms. The summed E-state index contributed by atoms with van der Waals surface area (Å²) in [5.41, 5.74) is 1.14. The van der Waals surface area contributed by atoms with Gasteiger partial charge in [0.05, 0.1) is 30.2 Å². The predicted molar refractivity (Wildman–Crippen MR) is 90.2 cm³/mol. The molecule has 2 aromatic heterocycles. The van der Waals surface area contributed by atoms with Crippen LogP contribution in [0.5, 0.6) is 0 Å². The van der Waals surface area contributed by atoms with Crippen LogP contribution in [0.15, 0.2) is 24.5 Å². The molecule has 120 valence electrons. The van der Waals surface area contributed by atoms with Gasteiger partial charge >= 0.3 is 0 Å². The fourth-order valence-corrected chi connectivity index (χ4v) is 3.21. The summed E-state index contributed by atoms with van der Waals surface area (Å²) >= 11 is 7.40. The highest BCUT2D eigenvalue weighted by Crippen LogP contribution is 2.22. The standard InChI is InChI=1S/C15H21ClN4OS/c1-11-6-18-20(8-11)9-12(2)17-7-15(21)19(3)10-13-4-5-14(16)22-13/h4-6,8,12,17H,7,9-10H2,1-3H3. The molecular weight excluding hydrogens is 320 g/mol. The van der Waals surface area contributed by atoms with Crippen molar-refractivity contribution >= 4 is 28.8 Å². The Labute approximate surface area is 139 Å². The molecule has 0 aliphatic carbocycles. The molecule has 0 fully saturated rings. The van der Waals surface area contributed by atoms with Gasteiger partial charge in [0.15, 0.2) is 0 Å². The average molecular weight is 341 g/mol. The van der Waals surface area contributed by atoms with Crippen molar-refractivity contribution in [3.8, 4) is 0 Å². The second kappa shape index (κ2) is 7.76. The van der Waals surface area contributed by atoms with Gasteiger partial charge in [0.25, 0.3) is 0 Å². The van der Waals surface area contributed by atoms with E-state index in [1.54, 1.807) is 11.9 Å². The number of nitrogens with one attached hydrogen (secondary N) is 1. The van der Waals surface area contributed by atoms with Crippen molar-refractivity contribution in [3.63, 3.8) is 0 Å². The van der Waals surface area contributed by atoms with E-state index in [9.17, 15) is 4.79 Å². The molecule has 0 saturated carbocycles. The van der Waals surface area contributed by atoms with Crippen molar-refractivity contribution in [1.82, 2.24) is 20.0 Å². The summed E-state index contributed by atoms with van der Waals surface area (Å²) in [6, 6.07) is 3.98. The minimum atomic E-state index is 0.0630. The van der Waals surface area contributed by atoms with Gasteiger partial charge in [-0.05, 0) is 31.5 Å². The van der Waals surface area contributed by atoms with Gasteiger partial charge < -0.3 is 10.2 Å². The molecule has 1 unspecified atom stereocenters. The number of aryl methyl sites for hydroxylation is 1. The van der Waals surface area contributed by atoms with Crippen LogP contribution < -0.4 is 5.32 Å². The number of carbonyl (C=O) groups is 1. The van der Waals surface area contributed by atoms with E-state index in [2.05, 4.69) is 10.4 Å². The number of nitrogens with zero attached hydrogens (tertiary/aromatic N) is 3. The smallest absolute Gasteiger partial charge is 0.236 e. The number of carbonyl (C=O) groups excluding carboxylic acids is 1. The predicted octanol–water partition coefficient (Wildman–Crippen LogP) is 2.54. The van der Waals surface area contributed by atoms with Gasteiger partial charge in [0.2, 0.25) is 5.91 Å². The van der Waals surface area contributed by atoms with Crippen LogP contribution in [0.3, 0.4) is 0 Å². The van der Waals surface area contributed by atoms with Crippen LogP contribution in [0.25, 0.3) is 0 Å². The first kappa shape index (κ1) is 17.0. The van der Waals surface area contributed by atoms with E-state index in [0.717, 1.165) is 21.3 Å². The second-order valence-electron chi connectivity index (χ2n) is 5.48. The monoisotopic (exact) mass is 340 g/mol. The quantitative estimate of drug-likeness (QED) is 0.842. The molecule has 7 heteroatoms. The van der Waals surface area contributed by atoms with Crippen molar-refractivity contribution in [2.24, 2.45) is 0 Å². The maximum Gasteiger partial charge on any atom is 0.236 e. The molecule has 2 heterocycles. The summed E-state index contributed by atoms with van der Waals surface area (Å²) in [7, 11) is 1.80. The Morgan fingerprint density at radius 1 is 1.55 bits per heavy atom. The number of hydrogen-bond donors (Lipinski definition) is 1. The van der Waals surface area contributed by atoms with Crippen LogP contribution in [0.1, 0.15) is 17.4 Å². The summed E-state index contributed by atoms with van der Waals surface area (Å²) in [5, 5.41) is 7.48. The summed E-state index contributed by atoms with van der Waals surface area (Å²) in [6.07, 6.45) is 3.82. The van der Waals surface area contributed by atoms with Crippen LogP contribution in [-0.4, -0.2) is 40.2 Å². The molecular formula is C15H21ClN4OS. The van der Waals surface area contributed by atoms with Crippen LogP contribution in [0.2, 0.25) is 4.34 Å². The van der Waals surface area contributed by atoms with Crippen molar-refractivity contribution in [2.75, 3.05) is 13.6 Å². The summed E-state index contributed by atoms with van der Waals surface area (Å²) in [5.74, 6) is 0.0630. The van der Waals surface area contributed by atoms with Crippen molar-refractivity contribution in [1.29, 1.82) is 0 Å². The Morgan fingerprint density at radius 3 is 2.91 bits per heavy atom. The SMILES string of the molecule is Cc1cnn(CC(C)NCC(=O)N(C)Cc2ccc(Cl)s2)c1. The molecule has 0 aliphatic heterocycles. The lowest BCUT2D eigenvalue weighted by Crippen LogP contribution is -2.40. The van der Waals surface area contributed by atoms with E-state index in [1.807, 2.05) is 43.1 Å². The second-order valence-corrected chi connectivity index (χ2v) is 7.28. The lowest BCUT2D eigenvalue weighted by Gasteiger charge is -2.19. The summed E-state index contributed by atoms with van der Waals surface area (Å²) in [4.78, 5) is 14.9. The Bertz CT molecular complexity index is 625. The Morgan fingerprint density at radius 2 is 2.32 bits per heavy atom. The van der Waals surface area contributed by atoms with E-state index in [1.165, 1.54) is 11.3 Å². The number of halogens is 1. The van der Waals surface area contributed by atoms with E-state index in [4.69, 9.17) is 11.6 Å². The van der Waals surface area contributed by atoms with Gasteiger partial charge in [-0.1, -0.05) is 11.6 Å². The lowest BCUT2D eigenvalue weighted by atomic mass is 10.3. The van der Waals surface area contributed by atoms with Gasteiger partial charge in [-0.25, -0.2) is 0 Å². The first-order valence-electron chi connectivity index (χ1n) is 7.14. The molecule has 5 nitrogen and oxygen atoms in total. The number of thiophene rings is 1. The molecule has 1 atom stereocenters. The molecule has 22 heavy (non-hydrogen) atoms.